The van der Waals surface area contributed by atoms with Crippen molar-refractivity contribution in [2.75, 3.05) is 6.54 Å². The fourth-order valence-corrected chi connectivity index (χ4v) is 2.57. The van der Waals surface area contributed by atoms with Gasteiger partial charge < -0.3 is 5.73 Å². The number of hydrogen-bond acceptors (Lipinski definition) is 4. The van der Waals surface area contributed by atoms with Crippen molar-refractivity contribution >= 4 is 10.0 Å². The first-order valence-corrected chi connectivity index (χ1v) is 6.71. The Morgan fingerprint density at radius 3 is 2.88 bits per heavy atom. The molecule has 1 aliphatic rings. The van der Waals surface area contributed by atoms with E-state index < -0.39 is 10.0 Å². The third-order valence-corrected chi connectivity index (χ3v) is 4.11. The summed E-state index contributed by atoms with van der Waals surface area (Å²) < 4.78 is 27.5. The van der Waals surface area contributed by atoms with Crippen LogP contribution in [0, 0.1) is 5.92 Å². The second-order valence-electron chi connectivity index (χ2n) is 4.20. The molecule has 1 fully saturated rings. The summed E-state index contributed by atoms with van der Waals surface area (Å²) in [5.41, 5.74) is 5.82. The SMILES string of the molecule is Cn1cc(S(=O)(=O)NCC(N)C2CC2)cn1. The van der Waals surface area contributed by atoms with Crippen LogP contribution < -0.4 is 10.5 Å². The molecule has 1 aromatic heterocycles. The molecule has 0 aliphatic heterocycles. The molecule has 90 valence electrons. The number of nitrogens with one attached hydrogen (secondary N) is 1. The lowest BCUT2D eigenvalue weighted by atomic mass is 10.2. The maximum atomic E-state index is 11.8. The van der Waals surface area contributed by atoms with E-state index in [0.717, 1.165) is 12.8 Å². The van der Waals surface area contributed by atoms with Crippen molar-refractivity contribution in [3.05, 3.63) is 12.4 Å². The molecule has 0 bridgehead atoms. The van der Waals surface area contributed by atoms with Crippen LogP contribution in [0.25, 0.3) is 0 Å². The Morgan fingerprint density at radius 2 is 2.38 bits per heavy atom. The molecule has 7 heteroatoms. The van der Waals surface area contributed by atoms with E-state index in [1.165, 1.54) is 17.1 Å². The lowest BCUT2D eigenvalue weighted by Crippen LogP contribution is -2.38. The van der Waals surface area contributed by atoms with Crippen molar-refractivity contribution in [1.82, 2.24) is 14.5 Å². The molecule has 6 nitrogen and oxygen atoms in total. The summed E-state index contributed by atoms with van der Waals surface area (Å²) >= 11 is 0. The highest BCUT2D eigenvalue weighted by molar-refractivity contribution is 7.89. The van der Waals surface area contributed by atoms with Gasteiger partial charge in [0.2, 0.25) is 10.0 Å². The van der Waals surface area contributed by atoms with Gasteiger partial charge in [0.15, 0.2) is 0 Å². The largest absolute Gasteiger partial charge is 0.326 e. The van der Waals surface area contributed by atoms with E-state index in [1.807, 2.05) is 0 Å². The van der Waals surface area contributed by atoms with Crippen molar-refractivity contribution in [1.29, 1.82) is 0 Å². The maximum absolute atomic E-state index is 11.8. The molecule has 0 spiro atoms. The Morgan fingerprint density at radius 1 is 1.69 bits per heavy atom. The van der Waals surface area contributed by atoms with E-state index >= 15 is 0 Å². The summed E-state index contributed by atoms with van der Waals surface area (Å²) in [6.07, 6.45) is 5.00. The zero-order valence-corrected chi connectivity index (χ0v) is 9.94. The van der Waals surface area contributed by atoms with Crippen molar-refractivity contribution < 1.29 is 8.42 Å². The average Bonchev–Trinajstić information content (AvgIpc) is 2.98. The average molecular weight is 244 g/mol. The summed E-state index contributed by atoms with van der Waals surface area (Å²) in [7, 11) is -1.78. The van der Waals surface area contributed by atoms with Crippen molar-refractivity contribution in [2.24, 2.45) is 18.7 Å². The standard InChI is InChI=1S/C9H16N4O2S/c1-13-6-8(4-11-13)16(14,15)12-5-9(10)7-2-3-7/h4,6-7,9,12H,2-3,5,10H2,1H3. The third kappa shape index (κ3) is 2.60. The van der Waals surface area contributed by atoms with Crippen molar-refractivity contribution in [3.63, 3.8) is 0 Å². The fourth-order valence-electron chi connectivity index (χ4n) is 1.52. The molecule has 0 amide bonds. The van der Waals surface area contributed by atoms with Crippen LogP contribution in [0.2, 0.25) is 0 Å². The van der Waals surface area contributed by atoms with Gasteiger partial charge in [-0.15, -0.1) is 0 Å². The number of aryl methyl sites for hydroxylation is 1. The predicted molar refractivity (Wildman–Crippen MR) is 59.1 cm³/mol. The lowest BCUT2D eigenvalue weighted by molar-refractivity contribution is 0.547. The van der Waals surface area contributed by atoms with Crippen LogP contribution in [0.1, 0.15) is 12.8 Å². The van der Waals surface area contributed by atoms with Gasteiger partial charge in [0, 0.05) is 25.8 Å². The molecular weight excluding hydrogens is 228 g/mol. The summed E-state index contributed by atoms with van der Waals surface area (Å²) in [6, 6.07) is -0.0774. The molecule has 1 atom stereocenters. The fraction of sp³-hybridized carbons (Fsp3) is 0.667. The summed E-state index contributed by atoms with van der Waals surface area (Å²) in [5, 5.41) is 3.82. The first-order chi connectivity index (χ1) is 7.49. The van der Waals surface area contributed by atoms with Gasteiger partial charge in [0.25, 0.3) is 0 Å². The Balaban J connectivity index is 1.97. The van der Waals surface area contributed by atoms with E-state index in [1.54, 1.807) is 7.05 Å². The number of sulfonamides is 1. The van der Waals surface area contributed by atoms with Crippen LogP contribution >= 0.6 is 0 Å². The molecule has 1 heterocycles. The highest BCUT2D eigenvalue weighted by Gasteiger charge is 2.29. The van der Waals surface area contributed by atoms with Gasteiger partial charge in [-0.05, 0) is 18.8 Å². The normalized spacial score (nSPS) is 18.6. The highest BCUT2D eigenvalue weighted by Crippen LogP contribution is 2.31. The van der Waals surface area contributed by atoms with Gasteiger partial charge in [-0.3, -0.25) is 4.68 Å². The van der Waals surface area contributed by atoms with Gasteiger partial charge >= 0.3 is 0 Å². The van der Waals surface area contributed by atoms with E-state index in [9.17, 15) is 8.42 Å². The minimum atomic E-state index is -3.45. The molecule has 0 saturated heterocycles. The topological polar surface area (TPSA) is 90.0 Å². The van der Waals surface area contributed by atoms with Crippen molar-refractivity contribution in [3.8, 4) is 0 Å². The van der Waals surface area contributed by atoms with Crippen LogP contribution in [0.5, 0.6) is 0 Å². The van der Waals surface area contributed by atoms with E-state index in [4.69, 9.17) is 5.73 Å². The smallest absolute Gasteiger partial charge is 0.243 e. The zero-order chi connectivity index (χ0) is 11.8. The minimum Gasteiger partial charge on any atom is -0.326 e. The zero-order valence-electron chi connectivity index (χ0n) is 9.13. The molecule has 16 heavy (non-hydrogen) atoms. The van der Waals surface area contributed by atoms with Crippen LogP contribution in [0.4, 0.5) is 0 Å². The van der Waals surface area contributed by atoms with Gasteiger partial charge in [-0.1, -0.05) is 0 Å². The number of rotatable bonds is 5. The maximum Gasteiger partial charge on any atom is 0.243 e. The Hall–Kier alpha value is -0.920. The molecule has 1 aromatic rings. The monoisotopic (exact) mass is 244 g/mol. The molecule has 1 saturated carbocycles. The van der Waals surface area contributed by atoms with Gasteiger partial charge in [-0.25, -0.2) is 13.1 Å². The second-order valence-corrected chi connectivity index (χ2v) is 5.97. The summed E-state index contributed by atoms with van der Waals surface area (Å²) in [5.74, 6) is 0.483. The number of nitrogens with zero attached hydrogens (tertiary/aromatic N) is 2. The molecule has 1 unspecified atom stereocenters. The number of aromatic nitrogens is 2. The first kappa shape index (κ1) is 11.6. The molecule has 0 aromatic carbocycles. The Bertz CT molecular complexity index is 464. The van der Waals surface area contributed by atoms with Gasteiger partial charge in [-0.2, -0.15) is 5.10 Å². The number of hydrogen-bond donors (Lipinski definition) is 2. The van der Waals surface area contributed by atoms with Gasteiger partial charge in [0.05, 0.1) is 6.20 Å². The predicted octanol–water partition coefficient (Wildman–Crippen LogP) is -0.564. The van der Waals surface area contributed by atoms with E-state index in [-0.39, 0.29) is 10.9 Å². The third-order valence-electron chi connectivity index (χ3n) is 2.73. The minimum absolute atomic E-state index is 0.0774. The summed E-state index contributed by atoms with van der Waals surface area (Å²) in [6.45, 7) is 0.294. The van der Waals surface area contributed by atoms with Gasteiger partial charge in [0.1, 0.15) is 4.90 Å². The Labute approximate surface area is 94.9 Å². The second kappa shape index (κ2) is 4.15. The molecule has 3 N–H and O–H groups in total. The Kier molecular flexibility index (Phi) is 3.00. The molecular formula is C9H16N4O2S. The molecule has 1 aliphatic carbocycles. The molecule has 0 radical (unpaired) electrons. The lowest BCUT2D eigenvalue weighted by Gasteiger charge is -2.10. The van der Waals surface area contributed by atoms with Crippen molar-refractivity contribution in [2.45, 2.75) is 23.8 Å². The van der Waals surface area contributed by atoms with E-state index in [2.05, 4.69) is 9.82 Å². The van der Waals surface area contributed by atoms with E-state index in [0.29, 0.717) is 12.5 Å². The first-order valence-electron chi connectivity index (χ1n) is 5.23. The number of nitrogens with two attached hydrogens (primary N) is 1. The highest BCUT2D eigenvalue weighted by atomic mass is 32.2. The van der Waals surface area contributed by atoms with Crippen LogP contribution in [-0.2, 0) is 17.1 Å². The quantitative estimate of drug-likeness (QED) is 0.726. The van der Waals surface area contributed by atoms with Crippen LogP contribution in [0.15, 0.2) is 17.3 Å². The summed E-state index contributed by atoms with van der Waals surface area (Å²) in [4.78, 5) is 0.179. The van der Waals surface area contributed by atoms with Crippen LogP contribution in [-0.4, -0.2) is 30.8 Å². The molecule has 2 rings (SSSR count). The van der Waals surface area contributed by atoms with Crippen LogP contribution in [0.3, 0.4) is 0 Å².